The summed E-state index contributed by atoms with van der Waals surface area (Å²) in [6.45, 7) is 2.89. The van der Waals surface area contributed by atoms with Crippen LogP contribution in [-0.4, -0.2) is 25.5 Å². The molecule has 0 atom stereocenters. The fourth-order valence-corrected chi connectivity index (χ4v) is 2.70. The minimum Gasteiger partial charge on any atom is -0.497 e. The third-order valence-electron chi connectivity index (χ3n) is 4.21. The van der Waals surface area contributed by atoms with Crippen molar-refractivity contribution < 1.29 is 14.3 Å². The van der Waals surface area contributed by atoms with Crippen LogP contribution in [0.5, 0.6) is 5.75 Å². The molecule has 0 unspecified atom stereocenters. The Balaban J connectivity index is 1.75. The van der Waals surface area contributed by atoms with Crippen molar-refractivity contribution in [1.29, 1.82) is 0 Å². The van der Waals surface area contributed by atoms with Crippen molar-refractivity contribution in [2.45, 2.75) is 39.2 Å². The Labute approximate surface area is 166 Å². The molecule has 0 saturated heterocycles. The zero-order chi connectivity index (χ0) is 20.2. The van der Waals surface area contributed by atoms with Crippen LogP contribution in [0.15, 0.2) is 48.5 Å². The summed E-state index contributed by atoms with van der Waals surface area (Å²) in [5, 5.41) is 8.82. The minimum atomic E-state index is -0.139. The maximum Gasteiger partial charge on any atom is 0.238 e. The van der Waals surface area contributed by atoms with E-state index in [1.54, 1.807) is 19.2 Å². The van der Waals surface area contributed by atoms with Gasteiger partial charge in [0.15, 0.2) is 0 Å². The number of amides is 2. The second kappa shape index (κ2) is 11.8. The molecule has 0 radical (unpaired) electrons. The number of nitrogens with one attached hydrogen (secondary N) is 3. The highest BCUT2D eigenvalue weighted by Crippen LogP contribution is 2.16. The van der Waals surface area contributed by atoms with Crippen LogP contribution in [0.2, 0.25) is 0 Å². The number of rotatable bonds is 11. The van der Waals surface area contributed by atoms with E-state index in [0.29, 0.717) is 24.3 Å². The molecule has 150 valence electrons. The highest BCUT2D eigenvalue weighted by molar-refractivity contribution is 5.94. The van der Waals surface area contributed by atoms with Gasteiger partial charge in [0.25, 0.3) is 0 Å². The van der Waals surface area contributed by atoms with Crippen molar-refractivity contribution in [1.82, 2.24) is 5.32 Å². The fraction of sp³-hybridized carbons (Fsp3) is 0.364. The smallest absolute Gasteiger partial charge is 0.238 e. The second-order valence-electron chi connectivity index (χ2n) is 6.59. The topological polar surface area (TPSA) is 79.5 Å². The van der Waals surface area contributed by atoms with Gasteiger partial charge in [0, 0.05) is 24.3 Å². The number of unbranched alkanes of at least 4 members (excludes halogenated alkanes) is 2. The largest absolute Gasteiger partial charge is 0.497 e. The van der Waals surface area contributed by atoms with Gasteiger partial charge in [-0.05, 0) is 42.3 Å². The molecule has 2 aromatic carbocycles. The van der Waals surface area contributed by atoms with Gasteiger partial charge in [0.1, 0.15) is 5.75 Å². The lowest BCUT2D eigenvalue weighted by Crippen LogP contribution is -2.27. The highest BCUT2D eigenvalue weighted by Gasteiger charge is 2.05. The first kappa shape index (κ1) is 21.4. The third kappa shape index (κ3) is 7.80. The summed E-state index contributed by atoms with van der Waals surface area (Å²) >= 11 is 0. The summed E-state index contributed by atoms with van der Waals surface area (Å²) in [6.07, 6.45) is 3.53. The zero-order valence-corrected chi connectivity index (χ0v) is 16.6. The number of hydrogen-bond donors (Lipinski definition) is 3. The van der Waals surface area contributed by atoms with E-state index < -0.39 is 0 Å². The average Bonchev–Trinajstić information content (AvgIpc) is 2.69. The molecule has 3 N–H and O–H groups in total. The van der Waals surface area contributed by atoms with Crippen molar-refractivity contribution in [3.8, 4) is 5.75 Å². The molecular weight excluding hydrogens is 354 g/mol. The number of benzene rings is 2. The van der Waals surface area contributed by atoms with E-state index >= 15 is 0 Å². The molecule has 6 heteroatoms. The molecule has 0 aromatic heterocycles. The molecular formula is C22H29N3O3. The molecule has 2 aromatic rings. The van der Waals surface area contributed by atoms with Crippen LogP contribution in [0.25, 0.3) is 0 Å². The molecule has 0 aliphatic carbocycles. The Morgan fingerprint density at radius 2 is 1.61 bits per heavy atom. The quantitative estimate of drug-likeness (QED) is 0.514. The highest BCUT2D eigenvalue weighted by atomic mass is 16.5. The molecule has 0 aliphatic rings. The van der Waals surface area contributed by atoms with E-state index in [9.17, 15) is 9.59 Å². The second-order valence-corrected chi connectivity index (χ2v) is 6.59. The first-order chi connectivity index (χ1) is 13.6. The summed E-state index contributed by atoms with van der Waals surface area (Å²) in [6, 6.07) is 14.9. The predicted molar refractivity (Wildman–Crippen MR) is 113 cm³/mol. The molecule has 6 nitrogen and oxygen atoms in total. The van der Waals surface area contributed by atoms with E-state index in [4.69, 9.17) is 4.74 Å². The van der Waals surface area contributed by atoms with Crippen molar-refractivity contribution >= 4 is 23.2 Å². The van der Waals surface area contributed by atoms with Crippen LogP contribution in [0.3, 0.4) is 0 Å². The van der Waals surface area contributed by atoms with E-state index in [2.05, 4.69) is 22.9 Å². The molecule has 0 aliphatic heterocycles. The lowest BCUT2D eigenvalue weighted by atomic mass is 10.2. The lowest BCUT2D eigenvalue weighted by Gasteiger charge is -2.10. The number of ether oxygens (including phenoxy) is 1. The van der Waals surface area contributed by atoms with Crippen LogP contribution in [-0.2, 0) is 16.1 Å². The summed E-state index contributed by atoms with van der Waals surface area (Å²) in [5.74, 6) is 0.664. The number of hydrogen-bond acceptors (Lipinski definition) is 4. The van der Waals surface area contributed by atoms with Gasteiger partial charge in [-0.25, -0.2) is 0 Å². The van der Waals surface area contributed by atoms with E-state index in [-0.39, 0.29) is 18.4 Å². The van der Waals surface area contributed by atoms with Crippen molar-refractivity contribution in [2.75, 3.05) is 24.3 Å². The summed E-state index contributed by atoms with van der Waals surface area (Å²) in [4.78, 5) is 24.1. The molecule has 0 bridgehead atoms. The van der Waals surface area contributed by atoms with Gasteiger partial charge in [0.05, 0.1) is 13.7 Å². The van der Waals surface area contributed by atoms with Gasteiger partial charge < -0.3 is 20.7 Å². The van der Waals surface area contributed by atoms with Gasteiger partial charge in [-0.3, -0.25) is 9.59 Å². The SMILES string of the molecule is CCCCCC(=O)Nc1cccc(NC(=O)CNCc2ccc(OC)cc2)c1. The maximum atomic E-state index is 12.1. The standard InChI is InChI=1S/C22H29N3O3/c1-3-4-5-9-21(26)24-18-7-6-8-19(14-18)25-22(27)16-23-15-17-10-12-20(28-2)13-11-17/h6-8,10-14,23H,3-5,9,15-16H2,1-2H3,(H,24,26)(H,25,27). The molecule has 0 spiro atoms. The van der Waals surface area contributed by atoms with Gasteiger partial charge in [-0.1, -0.05) is 38.0 Å². The van der Waals surface area contributed by atoms with Crippen molar-refractivity contribution in [3.05, 3.63) is 54.1 Å². The molecule has 2 rings (SSSR count). The number of carbonyl (C=O) groups is 2. The Morgan fingerprint density at radius 3 is 2.25 bits per heavy atom. The van der Waals surface area contributed by atoms with Gasteiger partial charge in [0.2, 0.25) is 11.8 Å². The fourth-order valence-electron chi connectivity index (χ4n) is 2.70. The van der Waals surface area contributed by atoms with E-state index in [1.165, 1.54) is 0 Å². The summed E-state index contributed by atoms with van der Waals surface area (Å²) in [5.41, 5.74) is 2.41. The Morgan fingerprint density at radius 1 is 0.929 bits per heavy atom. The van der Waals surface area contributed by atoms with Crippen LogP contribution in [0.1, 0.15) is 38.2 Å². The van der Waals surface area contributed by atoms with Crippen LogP contribution < -0.4 is 20.7 Å². The Bertz CT molecular complexity index is 760. The number of carbonyl (C=O) groups excluding carboxylic acids is 2. The summed E-state index contributed by atoms with van der Waals surface area (Å²) < 4.78 is 5.13. The third-order valence-corrected chi connectivity index (χ3v) is 4.21. The minimum absolute atomic E-state index is 0.00177. The normalized spacial score (nSPS) is 10.4. The average molecular weight is 383 g/mol. The first-order valence-electron chi connectivity index (χ1n) is 9.64. The Hall–Kier alpha value is -2.86. The molecule has 28 heavy (non-hydrogen) atoms. The van der Waals surface area contributed by atoms with Gasteiger partial charge in [-0.15, -0.1) is 0 Å². The number of methoxy groups -OCH3 is 1. The van der Waals surface area contributed by atoms with E-state index in [0.717, 1.165) is 30.6 Å². The first-order valence-corrected chi connectivity index (χ1v) is 9.64. The molecule has 0 fully saturated rings. The van der Waals surface area contributed by atoms with Crippen LogP contribution in [0.4, 0.5) is 11.4 Å². The van der Waals surface area contributed by atoms with Crippen LogP contribution >= 0.6 is 0 Å². The van der Waals surface area contributed by atoms with Crippen molar-refractivity contribution in [3.63, 3.8) is 0 Å². The zero-order valence-electron chi connectivity index (χ0n) is 16.6. The monoisotopic (exact) mass is 383 g/mol. The lowest BCUT2D eigenvalue weighted by molar-refractivity contribution is -0.116. The molecule has 2 amide bonds. The van der Waals surface area contributed by atoms with Crippen molar-refractivity contribution in [2.24, 2.45) is 0 Å². The Kier molecular flexibility index (Phi) is 9.01. The van der Waals surface area contributed by atoms with Gasteiger partial charge in [-0.2, -0.15) is 0 Å². The maximum absolute atomic E-state index is 12.1. The summed E-state index contributed by atoms with van der Waals surface area (Å²) in [7, 11) is 1.63. The van der Waals surface area contributed by atoms with Crippen LogP contribution in [0, 0.1) is 0 Å². The molecule has 0 heterocycles. The molecule has 0 saturated carbocycles. The van der Waals surface area contributed by atoms with Gasteiger partial charge >= 0.3 is 0 Å². The van der Waals surface area contributed by atoms with E-state index in [1.807, 2.05) is 36.4 Å². The predicted octanol–water partition coefficient (Wildman–Crippen LogP) is 3.94. The number of anilines is 2.